The zero-order valence-electron chi connectivity index (χ0n) is 9.80. The summed E-state index contributed by atoms with van der Waals surface area (Å²) in [6.07, 6.45) is 1.57. The number of benzene rings is 1. The minimum absolute atomic E-state index is 0.139. The van der Waals surface area contributed by atoms with Crippen molar-refractivity contribution < 1.29 is 19.8 Å². The van der Waals surface area contributed by atoms with E-state index in [1.54, 1.807) is 12.1 Å². The molecule has 1 aliphatic rings. The number of carboxylic acids is 1. The quantitative estimate of drug-likeness (QED) is 0.713. The van der Waals surface area contributed by atoms with Gasteiger partial charge in [-0.2, -0.15) is 0 Å². The number of aliphatic carboxylic acids is 1. The number of phenols is 1. The number of anilines is 1. The average molecular weight is 249 g/mol. The van der Waals surface area contributed by atoms with Gasteiger partial charge in [0.1, 0.15) is 5.75 Å². The number of carboxylic acid groups (broad SMARTS) is 1. The molecule has 0 unspecified atom stereocenters. The van der Waals surface area contributed by atoms with Crippen molar-refractivity contribution in [1.29, 1.82) is 0 Å². The van der Waals surface area contributed by atoms with Crippen molar-refractivity contribution in [2.24, 2.45) is 11.8 Å². The van der Waals surface area contributed by atoms with Gasteiger partial charge in [-0.1, -0.05) is 0 Å². The van der Waals surface area contributed by atoms with Crippen LogP contribution in [0.2, 0.25) is 0 Å². The molecule has 0 radical (unpaired) electrons. The zero-order chi connectivity index (χ0) is 13.1. The van der Waals surface area contributed by atoms with Crippen LogP contribution in [0.3, 0.4) is 0 Å². The minimum atomic E-state index is -0.824. The summed E-state index contributed by atoms with van der Waals surface area (Å²) in [5.74, 6) is -1.47. The second-order valence-electron chi connectivity index (χ2n) is 4.58. The van der Waals surface area contributed by atoms with Crippen LogP contribution in [0.4, 0.5) is 5.69 Å². The predicted molar refractivity (Wildman–Crippen MR) is 65.2 cm³/mol. The summed E-state index contributed by atoms with van der Waals surface area (Å²) in [6, 6.07) is 6.20. The van der Waals surface area contributed by atoms with Crippen molar-refractivity contribution in [2.75, 3.05) is 5.32 Å². The van der Waals surface area contributed by atoms with Crippen LogP contribution >= 0.6 is 0 Å². The van der Waals surface area contributed by atoms with Gasteiger partial charge in [-0.15, -0.1) is 0 Å². The molecule has 18 heavy (non-hydrogen) atoms. The molecule has 0 aliphatic heterocycles. The smallest absolute Gasteiger partial charge is 0.306 e. The van der Waals surface area contributed by atoms with Crippen LogP contribution < -0.4 is 5.32 Å². The summed E-state index contributed by atoms with van der Waals surface area (Å²) in [4.78, 5) is 22.7. The Balaban J connectivity index is 1.93. The van der Waals surface area contributed by atoms with E-state index < -0.39 is 11.9 Å². The Morgan fingerprint density at radius 2 is 1.72 bits per heavy atom. The Morgan fingerprint density at radius 3 is 2.28 bits per heavy atom. The van der Waals surface area contributed by atoms with Crippen molar-refractivity contribution in [2.45, 2.75) is 19.3 Å². The highest BCUT2D eigenvalue weighted by Gasteiger charge is 2.33. The van der Waals surface area contributed by atoms with Crippen LogP contribution in [-0.4, -0.2) is 22.1 Å². The highest BCUT2D eigenvalue weighted by Crippen LogP contribution is 2.31. The first-order chi connectivity index (χ1) is 8.56. The standard InChI is InChI=1S/C13H15NO4/c15-11-5-3-10(4-6-11)14-12(16)8-1-2-9(7-8)13(17)18/h3-6,8-9,15H,1-2,7H2,(H,14,16)(H,17,18)/t8-,9+/m1/s1. The van der Waals surface area contributed by atoms with Gasteiger partial charge in [0.25, 0.3) is 0 Å². The second-order valence-corrected chi connectivity index (χ2v) is 4.58. The summed E-state index contributed by atoms with van der Waals surface area (Å²) in [5, 5.41) is 20.7. The Labute approximate surface area is 104 Å². The Bertz CT molecular complexity index is 455. The van der Waals surface area contributed by atoms with Gasteiger partial charge in [-0.05, 0) is 43.5 Å². The van der Waals surface area contributed by atoms with E-state index in [-0.39, 0.29) is 17.6 Å². The number of carbonyl (C=O) groups is 2. The van der Waals surface area contributed by atoms with Crippen molar-refractivity contribution in [3.05, 3.63) is 24.3 Å². The lowest BCUT2D eigenvalue weighted by molar-refractivity contribution is -0.141. The van der Waals surface area contributed by atoms with Crippen LogP contribution in [0.15, 0.2) is 24.3 Å². The maximum Gasteiger partial charge on any atom is 0.306 e. The number of amides is 1. The van der Waals surface area contributed by atoms with E-state index in [9.17, 15) is 9.59 Å². The van der Waals surface area contributed by atoms with E-state index in [1.165, 1.54) is 12.1 Å². The van der Waals surface area contributed by atoms with Crippen LogP contribution in [0.25, 0.3) is 0 Å². The van der Waals surface area contributed by atoms with Crippen LogP contribution in [0.1, 0.15) is 19.3 Å². The second kappa shape index (κ2) is 5.08. The Kier molecular flexibility index (Phi) is 3.50. The third-order valence-corrected chi connectivity index (χ3v) is 3.29. The molecule has 2 atom stereocenters. The fourth-order valence-corrected chi connectivity index (χ4v) is 2.23. The largest absolute Gasteiger partial charge is 0.508 e. The molecule has 5 nitrogen and oxygen atoms in total. The molecule has 1 aliphatic carbocycles. The van der Waals surface area contributed by atoms with Crippen LogP contribution in [0.5, 0.6) is 5.75 Å². The highest BCUT2D eigenvalue weighted by atomic mass is 16.4. The van der Waals surface area contributed by atoms with Gasteiger partial charge in [0, 0.05) is 11.6 Å². The van der Waals surface area contributed by atoms with E-state index >= 15 is 0 Å². The van der Waals surface area contributed by atoms with Gasteiger partial charge in [0.15, 0.2) is 0 Å². The highest BCUT2D eigenvalue weighted by molar-refractivity contribution is 5.93. The number of hydrogen-bond acceptors (Lipinski definition) is 3. The molecule has 0 heterocycles. The number of nitrogens with one attached hydrogen (secondary N) is 1. The topological polar surface area (TPSA) is 86.6 Å². The molecule has 2 rings (SSSR count). The molecule has 5 heteroatoms. The maximum atomic E-state index is 11.9. The lowest BCUT2D eigenvalue weighted by atomic mass is 10.0. The maximum absolute atomic E-state index is 11.9. The van der Waals surface area contributed by atoms with Gasteiger partial charge < -0.3 is 15.5 Å². The molecule has 1 amide bonds. The molecule has 3 N–H and O–H groups in total. The fourth-order valence-electron chi connectivity index (χ4n) is 2.23. The van der Waals surface area contributed by atoms with Crippen LogP contribution in [-0.2, 0) is 9.59 Å². The first-order valence-corrected chi connectivity index (χ1v) is 5.89. The molecular weight excluding hydrogens is 234 g/mol. The molecule has 1 saturated carbocycles. The molecule has 1 aromatic rings. The molecule has 0 saturated heterocycles. The zero-order valence-corrected chi connectivity index (χ0v) is 9.80. The molecule has 0 spiro atoms. The van der Waals surface area contributed by atoms with E-state index in [1.807, 2.05) is 0 Å². The first-order valence-electron chi connectivity index (χ1n) is 5.89. The monoisotopic (exact) mass is 249 g/mol. The van der Waals surface area contributed by atoms with Crippen molar-refractivity contribution >= 4 is 17.6 Å². The summed E-state index contributed by atoms with van der Waals surface area (Å²) in [5.41, 5.74) is 0.608. The average Bonchev–Trinajstić information content (AvgIpc) is 2.81. The predicted octanol–water partition coefficient (Wildman–Crippen LogP) is 1.83. The van der Waals surface area contributed by atoms with Gasteiger partial charge in [0.05, 0.1) is 5.92 Å². The van der Waals surface area contributed by atoms with E-state index in [4.69, 9.17) is 10.2 Å². The lowest BCUT2D eigenvalue weighted by Gasteiger charge is -2.10. The SMILES string of the molecule is O=C(O)[C@H]1CC[C@@H](C(=O)Nc2ccc(O)cc2)C1. The van der Waals surface area contributed by atoms with Crippen LogP contribution in [0, 0.1) is 11.8 Å². The molecule has 1 aromatic carbocycles. The van der Waals surface area contributed by atoms with Gasteiger partial charge in [-0.25, -0.2) is 0 Å². The number of phenolic OH excluding ortho intramolecular Hbond substituents is 1. The first kappa shape index (κ1) is 12.4. The normalized spacial score (nSPS) is 22.7. The van der Waals surface area contributed by atoms with E-state index in [0.29, 0.717) is 24.9 Å². The van der Waals surface area contributed by atoms with E-state index in [2.05, 4.69) is 5.32 Å². The third kappa shape index (κ3) is 2.80. The van der Waals surface area contributed by atoms with Gasteiger partial charge in [0.2, 0.25) is 5.91 Å². The van der Waals surface area contributed by atoms with Crippen molar-refractivity contribution in [3.8, 4) is 5.75 Å². The minimum Gasteiger partial charge on any atom is -0.508 e. The molecule has 96 valence electrons. The lowest BCUT2D eigenvalue weighted by Crippen LogP contribution is -2.21. The van der Waals surface area contributed by atoms with Gasteiger partial charge in [-0.3, -0.25) is 9.59 Å². The molecular formula is C13H15NO4. The molecule has 0 aromatic heterocycles. The van der Waals surface area contributed by atoms with Crippen molar-refractivity contribution in [1.82, 2.24) is 0 Å². The summed E-state index contributed by atoms with van der Waals surface area (Å²) in [7, 11) is 0. The number of aromatic hydroxyl groups is 1. The molecule has 1 fully saturated rings. The molecule has 0 bridgehead atoms. The summed E-state index contributed by atoms with van der Waals surface area (Å²) in [6.45, 7) is 0. The Morgan fingerprint density at radius 1 is 1.11 bits per heavy atom. The number of carbonyl (C=O) groups excluding carboxylic acids is 1. The number of rotatable bonds is 3. The summed E-state index contributed by atoms with van der Waals surface area (Å²) < 4.78 is 0. The summed E-state index contributed by atoms with van der Waals surface area (Å²) >= 11 is 0. The third-order valence-electron chi connectivity index (χ3n) is 3.29. The Hall–Kier alpha value is -2.04. The van der Waals surface area contributed by atoms with E-state index in [0.717, 1.165) is 0 Å². The number of hydrogen-bond donors (Lipinski definition) is 3. The van der Waals surface area contributed by atoms with Gasteiger partial charge >= 0.3 is 5.97 Å². The van der Waals surface area contributed by atoms with Crippen molar-refractivity contribution in [3.63, 3.8) is 0 Å². The fraction of sp³-hybridized carbons (Fsp3) is 0.385.